The topological polar surface area (TPSA) is 192 Å². The molecule has 4 aliphatic rings. The summed E-state index contributed by atoms with van der Waals surface area (Å²) in [5.74, 6) is -2.65. The fourth-order valence-electron chi connectivity index (χ4n) is 7.72. The van der Waals surface area contributed by atoms with E-state index in [-0.39, 0.29) is 25.3 Å². The third-order valence-electron chi connectivity index (χ3n) is 11.6. The van der Waals surface area contributed by atoms with Crippen LogP contribution in [0.3, 0.4) is 0 Å². The van der Waals surface area contributed by atoms with Crippen LogP contribution >= 0.6 is 0 Å². The Kier molecular flexibility index (Phi) is 11.7. The molecule has 1 aromatic carbocycles. The van der Waals surface area contributed by atoms with E-state index in [9.17, 15) is 40.8 Å². The maximum Gasteiger partial charge on any atom is 0.427 e. The highest BCUT2D eigenvalue weighted by molar-refractivity contribution is 7.85. The van der Waals surface area contributed by atoms with Crippen LogP contribution in [0.15, 0.2) is 30.5 Å². The lowest BCUT2D eigenvalue weighted by atomic mass is 9.83. The van der Waals surface area contributed by atoms with E-state index < -0.39 is 87.1 Å². The van der Waals surface area contributed by atoms with Crippen LogP contribution in [0.2, 0.25) is 0 Å². The van der Waals surface area contributed by atoms with E-state index in [0.29, 0.717) is 69.9 Å². The molecule has 2 aromatic rings. The molecule has 1 aromatic heterocycles. The van der Waals surface area contributed by atoms with E-state index in [0.717, 1.165) is 11.8 Å². The summed E-state index contributed by atoms with van der Waals surface area (Å²) in [5.41, 5.74) is -5.42. The Hall–Kier alpha value is -4.39. The van der Waals surface area contributed by atoms with E-state index in [4.69, 9.17) is 18.4 Å². The van der Waals surface area contributed by atoms with Crippen molar-refractivity contribution in [3.05, 3.63) is 30.5 Å². The first-order chi connectivity index (χ1) is 26.7. The lowest BCUT2D eigenvalue weighted by Gasteiger charge is -2.35. The van der Waals surface area contributed by atoms with E-state index in [1.165, 1.54) is 18.2 Å². The zero-order chi connectivity index (χ0) is 41.6. The monoisotopic (exact) mass is 825 g/mol. The highest BCUT2D eigenvalue weighted by atomic mass is 32.2. The number of ether oxygens (including phenoxy) is 3. The van der Waals surface area contributed by atoms with Crippen molar-refractivity contribution in [2.75, 3.05) is 13.7 Å². The summed E-state index contributed by atoms with van der Waals surface area (Å²) in [7, 11) is -3.00. The highest BCUT2D eigenvalue weighted by Crippen LogP contribution is 2.47. The molecule has 4 fully saturated rings. The SMILES string of the molecule is CC[C@@H]1C[C@]1(NC(=O)[C@@H]1C[C@@H](Oc2nccc3cc(OC)ccc23)CN1C(=O)[C@@H](NC(=O)OC(C)(C)C(F)(F)F)C1CCCCC1)C(=O)NS(=O)(=O)OC1(C)CC1. The maximum absolute atomic E-state index is 14.7. The van der Waals surface area contributed by atoms with Gasteiger partial charge in [0.25, 0.3) is 5.91 Å². The molecule has 1 aliphatic heterocycles. The van der Waals surface area contributed by atoms with Gasteiger partial charge in [0.15, 0.2) is 0 Å². The maximum atomic E-state index is 14.7. The van der Waals surface area contributed by atoms with Crippen LogP contribution in [0, 0.1) is 11.8 Å². The number of carbonyl (C=O) groups excluding carboxylic acids is 4. The molecule has 57 heavy (non-hydrogen) atoms. The minimum atomic E-state index is -4.90. The van der Waals surface area contributed by atoms with Gasteiger partial charge in [-0.25, -0.2) is 18.7 Å². The number of rotatable bonds is 14. The standard InChI is InChI=1S/C38H50F3N5O10S/c1-6-24-20-37(24,33(49)45-57(51,52)56-36(4)15-16-36)44-30(47)28-19-26(54-31-27-13-12-25(53-5)18-23(27)14-17-42-31)21-46(28)32(48)29(22-10-8-7-9-11-22)43-34(50)55-35(2,3)38(39,40)41/h12-14,17-18,22,24,26,28-29H,6-11,15-16,19-21H2,1-5H3,(H,43,50)(H,44,47)(H,45,49)/t24-,26-,28+,29+,37-/m1/s1. The minimum absolute atomic E-state index is 0.108. The highest BCUT2D eigenvalue weighted by Gasteiger charge is 2.62. The molecule has 2 heterocycles. The van der Waals surface area contributed by atoms with E-state index in [1.54, 1.807) is 38.1 Å². The molecule has 0 spiro atoms. The van der Waals surface area contributed by atoms with Crippen molar-refractivity contribution in [1.29, 1.82) is 0 Å². The molecule has 0 unspecified atom stereocenters. The molecule has 3 N–H and O–H groups in total. The van der Waals surface area contributed by atoms with Gasteiger partial charge in [-0.2, -0.15) is 21.6 Å². The number of alkyl carbamates (subject to hydrolysis) is 1. The van der Waals surface area contributed by atoms with E-state index in [1.807, 2.05) is 4.72 Å². The quantitative estimate of drug-likeness (QED) is 0.237. The third kappa shape index (κ3) is 9.34. The van der Waals surface area contributed by atoms with Crippen LogP contribution < -0.4 is 24.8 Å². The zero-order valence-corrected chi connectivity index (χ0v) is 33.4. The van der Waals surface area contributed by atoms with Crippen LogP contribution in [0.5, 0.6) is 11.6 Å². The van der Waals surface area contributed by atoms with Crippen LogP contribution in [0.1, 0.15) is 91.9 Å². The number of nitrogens with zero attached hydrogens (tertiary/aromatic N) is 2. The van der Waals surface area contributed by atoms with E-state index in [2.05, 4.69) is 15.6 Å². The lowest BCUT2D eigenvalue weighted by Crippen LogP contribution is -2.60. The number of fused-ring (bicyclic) bond motifs is 1. The van der Waals surface area contributed by atoms with Gasteiger partial charge in [0.2, 0.25) is 23.3 Å². The summed E-state index contributed by atoms with van der Waals surface area (Å²) in [6.45, 7) is 4.57. The second kappa shape index (κ2) is 15.8. The second-order valence-corrected chi connectivity index (χ2v) is 17.6. The second-order valence-electron chi connectivity index (χ2n) is 16.3. The molecule has 15 nitrogen and oxygen atoms in total. The summed E-state index contributed by atoms with van der Waals surface area (Å²) in [4.78, 5) is 61.4. The Bertz CT molecular complexity index is 1990. The number of amides is 4. The first kappa shape index (κ1) is 42.2. The lowest BCUT2D eigenvalue weighted by molar-refractivity contribution is -0.244. The Morgan fingerprint density at radius 3 is 2.39 bits per heavy atom. The third-order valence-corrected chi connectivity index (χ3v) is 12.6. The first-order valence-electron chi connectivity index (χ1n) is 19.3. The molecule has 1 saturated heterocycles. The molecule has 4 amide bonds. The van der Waals surface area contributed by atoms with Crippen molar-refractivity contribution >= 4 is 44.9 Å². The number of benzene rings is 1. The van der Waals surface area contributed by atoms with Gasteiger partial charge in [-0.05, 0) is 94.4 Å². The van der Waals surface area contributed by atoms with Gasteiger partial charge < -0.3 is 29.7 Å². The number of aromatic nitrogens is 1. The fourth-order valence-corrected chi connectivity index (χ4v) is 8.87. The van der Waals surface area contributed by atoms with Crippen LogP contribution in [0.25, 0.3) is 10.8 Å². The molecule has 0 bridgehead atoms. The van der Waals surface area contributed by atoms with Gasteiger partial charge in [0.05, 0.1) is 19.3 Å². The molecule has 314 valence electrons. The van der Waals surface area contributed by atoms with Gasteiger partial charge in [-0.15, -0.1) is 0 Å². The first-order valence-corrected chi connectivity index (χ1v) is 20.7. The van der Waals surface area contributed by atoms with Crippen LogP contribution in [0.4, 0.5) is 18.0 Å². The Morgan fingerprint density at radius 2 is 1.77 bits per heavy atom. The van der Waals surface area contributed by atoms with Gasteiger partial charge >= 0.3 is 22.6 Å². The smallest absolute Gasteiger partial charge is 0.427 e. The van der Waals surface area contributed by atoms with Crippen molar-refractivity contribution < 1.29 is 59.2 Å². The number of halogens is 3. The molecule has 3 saturated carbocycles. The number of hydrogen-bond acceptors (Lipinski definition) is 11. The number of likely N-dealkylation sites (tertiary alicyclic amines) is 1. The van der Waals surface area contributed by atoms with Crippen molar-refractivity contribution in [3.63, 3.8) is 0 Å². The largest absolute Gasteiger partial charge is 0.497 e. The number of alkyl halides is 3. The van der Waals surface area contributed by atoms with E-state index >= 15 is 0 Å². The molecule has 3 aliphatic carbocycles. The summed E-state index contributed by atoms with van der Waals surface area (Å²) in [5, 5.41) is 6.50. The number of carbonyl (C=O) groups is 4. The Balaban J connectivity index is 1.29. The average Bonchev–Trinajstić information content (AvgIpc) is 4.01. The number of hydrogen-bond donors (Lipinski definition) is 3. The average molecular weight is 826 g/mol. The molecule has 5 atom stereocenters. The fraction of sp³-hybridized carbons (Fsp3) is 0.658. The molecule has 19 heteroatoms. The predicted octanol–water partition coefficient (Wildman–Crippen LogP) is 4.82. The van der Waals surface area contributed by atoms with Gasteiger partial charge in [-0.1, -0.05) is 32.6 Å². The van der Waals surface area contributed by atoms with Gasteiger partial charge in [0, 0.05) is 18.0 Å². The van der Waals surface area contributed by atoms with Crippen molar-refractivity contribution in [1.82, 2.24) is 25.2 Å². The normalized spacial score (nSPS) is 25.3. The summed E-state index contributed by atoms with van der Waals surface area (Å²) in [6, 6.07) is 4.33. The molecule has 6 rings (SSSR count). The van der Waals surface area contributed by atoms with Crippen LogP contribution in [-0.4, -0.2) is 96.9 Å². The zero-order valence-electron chi connectivity index (χ0n) is 32.6. The number of pyridine rings is 1. The summed E-state index contributed by atoms with van der Waals surface area (Å²) in [6.07, 6.45) is -1.06. The van der Waals surface area contributed by atoms with Crippen molar-refractivity contribution in [2.24, 2.45) is 11.8 Å². The molecule has 0 radical (unpaired) electrons. The number of methoxy groups -OCH3 is 1. The Labute approximate surface area is 329 Å². The Morgan fingerprint density at radius 1 is 1.07 bits per heavy atom. The minimum Gasteiger partial charge on any atom is -0.497 e. The van der Waals surface area contributed by atoms with Gasteiger partial charge in [-0.3, -0.25) is 14.4 Å². The van der Waals surface area contributed by atoms with Crippen molar-refractivity contribution in [2.45, 2.75) is 133 Å². The van der Waals surface area contributed by atoms with Gasteiger partial charge in [0.1, 0.15) is 29.5 Å². The molecular weight excluding hydrogens is 776 g/mol. The summed E-state index contributed by atoms with van der Waals surface area (Å²) < 4.78 is 90.3. The number of nitrogens with one attached hydrogen (secondary N) is 3. The van der Waals surface area contributed by atoms with Crippen molar-refractivity contribution in [3.8, 4) is 11.6 Å². The molecular formula is C38H50F3N5O10S. The predicted molar refractivity (Wildman–Crippen MR) is 198 cm³/mol. The van der Waals surface area contributed by atoms with Crippen LogP contribution in [-0.2, 0) is 33.6 Å². The summed E-state index contributed by atoms with van der Waals surface area (Å²) >= 11 is 0.